The van der Waals surface area contributed by atoms with E-state index in [1.54, 1.807) is 0 Å². The molecule has 3 rings (SSSR count). The average molecular weight is 553 g/mol. The highest BCUT2D eigenvalue weighted by Gasteiger charge is 2.21. The predicted octanol–water partition coefficient (Wildman–Crippen LogP) is 3.39. The van der Waals surface area contributed by atoms with Crippen molar-refractivity contribution in [1.82, 2.24) is 9.97 Å². The first kappa shape index (κ1) is 29.0. The van der Waals surface area contributed by atoms with Crippen molar-refractivity contribution < 1.29 is 39.9 Å². The van der Waals surface area contributed by atoms with Gasteiger partial charge in [-0.1, -0.05) is 23.7 Å². The minimum Gasteiger partial charge on any atom is -0.330 e. The summed E-state index contributed by atoms with van der Waals surface area (Å²) in [5.74, 6) is -7.99. The van der Waals surface area contributed by atoms with Crippen molar-refractivity contribution in [3.05, 3.63) is 87.5 Å². The van der Waals surface area contributed by atoms with E-state index >= 15 is 0 Å². The van der Waals surface area contributed by atoms with Crippen molar-refractivity contribution in [2.45, 2.75) is 18.9 Å². The zero-order valence-electron chi connectivity index (χ0n) is 19.4. The van der Waals surface area contributed by atoms with Crippen molar-refractivity contribution in [2.75, 3.05) is 11.9 Å². The Balaban J connectivity index is 2.12. The normalized spacial score (nSPS) is 11.2. The fourth-order valence-electron chi connectivity index (χ4n) is 2.99. The van der Waals surface area contributed by atoms with Gasteiger partial charge in [-0.05, 0) is 37.6 Å². The van der Waals surface area contributed by atoms with Crippen LogP contribution in [0.15, 0.2) is 18.2 Å². The summed E-state index contributed by atoms with van der Waals surface area (Å²) >= 11 is 0. The SMILES string of the molecule is NCCC[C@H](N)C(=O)Nc1ccc(C#Cc2c(F)c(F)nc(F)c2F)c(C#Cc2c(F)c(F)nc(F)c2F)c1. The summed E-state index contributed by atoms with van der Waals surface area (Å²) in [4.78, 5) is 17.1. The number of nitrogens with two attached hydrogens (primary N) is 2. The van der Waals surface area contributed by atoms with Crippen LogP contribution >= 0.6 is 0 Å². The minimum atomic E-state index is -1.97. The summed E-state index contributed by atoms with van der Waals surface area (Å²) in [5, 5.41) is 2.44. The van der Waals surface area contributed by atoms with Gasteiger partial charge in [-0.3, -0.25) is 4.79 Å². The number of rotatable bonds is 5. The molecule has 5 N–H and O–H groups in total. The highest BCUT2D eigenvalue weighted by atomic mass is 19.2. The first-order chi connectivity index (χ1) is 18.4. The van der Waals surface area contributed by atoms with Crippen LogP contribution in [0.1, 0.15) is 35.1 Å². The summed E-state index contributed by atoms with van der Waals surface area (Å²) in [6, 6.07) is 2.49. The van der Waals surface area contributed by atoms with E-state index in [2.05, 4.69) is 27.1 Å². The molecule has 0 aliphatic rings. The molecular formula is C25H15F8N5O. The maximum atomic E-state index is 14.0. The van der Waals surface area contributed by atoms with Crippen molar-refractivity contribution in [2.24, 2.45) is 11.5 Å². The Kier molecular flexibility index (Phi) is 9.19. The molecule has 0 aliphatic carbocycles. The molecule has 6 nitrogen and oxygen atoms in total. The number of amides is 1. The zero-order chi connectivity index (χ0) is 28.9. The Hall–Kier alpha value is -4.53. The van der Waals surface area contributed by atoms with Gasteiger partial charge >= 0.3 is 0 Å². The molecule has 3 aromatic rings. The first-order valence-corrected chi connectivity index (χ1v) is 10.8. The summed E-state index contributed by atoms with van der Waals surface area (Å²) in [6.45, 7) is 0.282. The standard InChI is InChI=1S/C25H15F8N5O/c26-17-14(18(27)22(31)37-21(17)30)7-4-11-3-6-13(36-25(39)16(35)2-1-9-34)10-12(11)5-8-15-19(28)23(32)38-24(33)20(15)29/h3,6,10,16H,1-2,9,34-35H2,(H,36,39)/t16-/m0/s1. The molecular weight excluding hydrogens is 538 g/mol. The lowest BCUT2D eigenvalue weighted by Crippen LogP contribution is -2.36. The van der Waals surface area contributed by atoms with Crippen molar-refractivity contribution in [3.8, 4) is 23.7 Å². The van der Waals surface area contributed by atoms with Gasteiger partial charge in [0.25, 0.3) is 23.8 Å². The van der Waals surface area contributed by atoms with Gasteiger partial charge < -0.3 is 16.8 Å². The van der Waals surface area contributed by atoms with Gasteiger partial charge in [0, 0.05) is 16.8 Å². The summed E-state index contributed by atoms with van der Waals surface area (Å²) in [7, 11) is 0. The number of nitrogens with one attached hydrogen (secondary N) is 1. The number of carbonyl (C=O) groups is 1. The Morgan fingerprint density at radius 3 is 1.69 bits per heavy atom. The van der Waals surface area contributed by atoms with Crippen molar-refractivity contribution in [3.63, 3.8) is 0 Å². The third kappa shape index (κ3) is 6.67. The molecule has 1 aromatic carbocycles. The monoisotopic (exact) mass is 553 g/mol. The highest BCUT2D eigenvalue weighted by molar-refractivity contribution is 5.94. The van der Waals surface area contributed by atoms with Gasteiger partial charge in [0.2, 0.25) is 5.91 Å². The second kappa shape index (κ2) is 12.3. The molecule has 202 valence electrons. The van der Waals surface area contributed by atoms with Crippen LogP contribution in [0.25, 0.3) is 0 Å². The Morgan fingerprint density at radius 1 is 0.769 bits per heavy atom. The van der Waals surface area contributed by atoms with Crippen LogP contribution in [0.2, 0.25) is 0 Å². The number of benzene rings is 1. The zero-order valence-corrected chi connectivity index (χ0v) is 19.4. The number of halogens is 8. The second-order valence-corrected chi connectivity index (χ2v) is 7.68. The van der Waals surface area contributed by atoms with Gasteiger partial charge in [-0.15, -0.1) is 0 Å². The number of hydrogen-bond donors (Lipinski definition) is 3. The number of aromatic nitrogens is 2. The van der Waals surface area contributed by atoms with Crippen LogP contribution in [0.5, 0.6) is 0 Å². The van der Waals surface area contributed by atoms with Crippen molar-refractivity contribution in [1.29, 1.82) is 0 Å². The maximum Gasteiger partial charge on any atom is 0.253 e. The van der Waals surface area contributed by atoms with E-state index in [1.807, 2.05) is 11.8 Å². The van der Waals surface area contributed by atoms with Gasteiger partial charge in [0.15, 0.2) is 23.3 Å². The number of carbonyl (C=O) groups excluding carboxylic acids is 1. The van der Waals surface area contributed by atoms with Gasteiger partial charge in [-0.25, -0.2) is 17.6 Å². The third-order valence-corrected chi connectivity index (χ3v) is 4.98. The van der Waals surface area contributed by atoms with Crippen molar-refractivity contribution >= 4 is 11.6 Å². The molecule has 1 atom stereocenters. The molecule has 0 spiro atoms. The minimum absolute atomic E-state index is 0.0180. The third-order valence-electron chi connectivity index (χ3n) is 4.98. The average Bonchev–Trinajstić information content (AvgIpc) is 2.90. The van der Waals surface area contributed by atoms with Crippen LogP contribution in [0, 0.1) is 70.7 Å². The summed E-state index contributed by atoms with van der Waals surface area (Å²) < 4.78 is 110. The number of pyridine rings is 2. The molecule has 0 fully saturated rings. The molecule has 0 unspecified atom stereocenters. The fourth-order valence-corrected chi connectivity index (χ4v) is 2.99. The molecule has 0 aliphatic heterocycles. The van der Waals surface area contributed by atoms with Crippen LogP contribution in [-0.4, -0.2) is 28.5 Å². The van der Waals surface area contributed by atoms with E-state index in [0.717, 1.165) is 12.1 Å². The van der Waals surface area contributed by atoms with Gasteiger partial charge in [0.05, 0.1) is 6.04 Å². The lowest BCUT2D eigenvalue weighted by atomic mass is 10.0. The lowest BCUT2D eigenvalue weighted by molar-refractivity contribution is -0.117. The molecule has 0 radical (unpaired) electrons. The molecule has 1 amide bonds. The number of hydrogen-bond acceptors (Lipinski definition) is 5. The van der Waals surface area contributed by atoms with E-state index in [0.29, 0.717) is 6.42 Å². The molecule has 39 heavy (non-hydrogen) atoms. The first-order valence-electron chi connectivity index (χ1n) is 10.8. The summed E-state index contributed by atoms with van der Waals surface area (Å²) in [6.07, 6.45) is 0.686. The van der Waals surface area contributed by atoms with E-state index in [4.69, 9.17) is 11.5 Å². The van der Waals surface area contributed by atoms with E-state index in [-0.39, 0.29) is 29.8 Å². The quantitative estimate of drug-likeness (QED) is 0.255. The van der Waals surface area contributed by atoms with E-state index in [1.165, 1.54) is 6.07 Å². The largest absolute Gasteiger partial charge is 0.330 e. The Bertz CT molecular complexity index is 1520. The lowest BCUT2D eigenvalue weighted by Gasteiger charge is -2.12. The topological polar surface area (TPSA) is 107 Å². The smallest absolute Gasteiger partial charge is 0.253 e. The van der Waals surface area contributed by atoms with Gasteiger partial charge in [-0.2, -0.15) is 27.5 Å². The fraction of sp³-hybridized carbons (Fsp3) is 0.160. The highest BCUT2D eigenvalue weighted by Crippen LogP contribution is 2.20. The van der Waals surface area contributed by atoms with Crippen LogP contribution < -0.4 is 16.8 Å². The predicted molar refractivity (Wildman–Crippen MR) is 121 cm³/mol. The summed E-state index contributed by atoms with van der Waals surface area (Å²) in [5.41, 5.74) is 7.98. The Labute approximate surface area is 215 Å². The molecule has 14 heteroatoms. The maximum absolute atomic E-state index is 14.0. The Morgan fingerprint density at radius 2 is 1.23 bits per heavy atom. The van der Waals surface area contributed by atoms with Crippen LogP contribution in [0.3, 0.4) is 0 Å². The van der Waals surface area contributed by atoms with E-state index in [9.17, 15) is 39.9 Å². The number of nitrogens with zero attached hydrogens (tertiary/aromatic N) is 2. The number of anilines is 1. The van der Waals surface area contributed by atoms with E-state index < -0.39 is 70.1 Å². The molecule has 2 aromatic heterocycles. The molecule has 0 saturated heterocycles. The molecule has 0 bridgehead atoms. The van der Waals surface area contributed by atoms with Crippen LogP contribution in [0.4, 0.5) is 40.8 Å². The molecule has 0 saturated carbocycles. The van der Waals surface area contributed by atoms with Crippen LogP contribution in [-0.2, 0) is 4.79 Å². The van der Waals surface area contributed by atoms with Gasteiger partial charge in [0.1, 0.15) is 11.1 Å². The second-order valence-electron chi connectivity index (χ2n) is 7.68. The molecule has 2 heterocycles.